The molecule has 80 valence electrons. The van der Waals surface area contributed by atoms with E-state index in [1.807, 2.05) is 0 Å². The molecule has 0 heterocycles. The lowest BCUT2D eigenvalue weighted by Crippen LogP contribution is -2.22. The van der Waals surface area contributed by atoms with E-state index in [1.165, 1.54) is 0 Å². The van der Waals surface area contributed by atoms with Gasteiger partial charge in [-0.25, -0.2) is 8.42 Å². The van der Waals surface area contributed by atoms with Gasteiger partial charge in [-0.2, -0.15) is 0 Å². The van der Waals surface area contributed by atoms with Gasteiger partial charge in [0.05, 0.1) is 11.0 Å². The van der Waals surface area contributed by atoms with Gasteiger partial charge in [-0.1, -0.05) is 0 Å². The molecule has 0 aliphatic carbocycles. The van der Waals surface area contributed by atoms with Gasteiger partial charge in [0.2, 0.25) is 0 Å². The minimum atomic E-state index is -3.04. The molecule has 0 aromatic heterocycles. The van der Waals surface area contributed by atoms with Crippen molar-refractivity contribution in [3.05, 3.63) is 0 Å². The van der Waals surface area contributed by atoms with Gasteiger partial charge in [0.15, 0.2) is 9.84 Å². The second-order valence-electron chi connectivity index (χ2n) is 3.44. The molecule has 13 heavy (non-hydrogen) atoms. The normalized spacial score (nSPS) is 12.8. The van der Waals surface area contributed by atoms with E-state index in [2.05, 4.69) is 0 Å². The van der Waals surface area contributed by atoms with Crippen molar-refractivity contribution in [2.75, 3.05) is 19.0 Å². The van der Waals surface area contributed by atoms with Gasteiger partial charge in [-0.3, -0.25) is 0 Å². The van der Waals surface area contributed by atoms with Crippen molar-refractivity contribution in [3.8, 4) is 0 Å². The maximum Gasteiger partial charge on any atom is 0.152 e. The van der Waals surface area contributed by atoms with Gasteiger partial charge in [-0.15, -0.1) is 0 Å². The molecule has 0 aliphatic heterocycles. The summed E-state index contributed by atoms with van der Waals surface area (Å²) in [6.07, 6.45) is 0.327. The van der Waals surface area contributed by atoms with E-state index in [1.54, 1.807) is 13.8 Å². The molecule has 2 N–H and O–H groups in total. The second kappa shape index (κ2) is 5.57. The smallest absolute Gasteiger partial charge is 0.152 e. The zero-order valence-electron chi connectivity index (χ0n) is 8.10. The lowest BCUT2D eigenvalue weighted by atomic mass is 10.1. The summed E-state index contributed by atoms with van der Waals surface area (Å²) >= 11 is 0. The van der Waals surface area contributed by atoms with E-state index >= 15 is 0 Å². The summed E-state index contributed by atoms with van der Waals surface area (Å²) in [5.41, 5.74) is 0. The molecule has 0 atom stereocenters. The van der Waals surface area contributed by atoms with Crippen LogP contribution in [-0.4, -0.2) is 42.8 Å². The van der Waals surface area contributed by atoms with Crippen LogP contribution in [-0.2, 0) is 9.84 Å². The Morgan fingerprint density at radius 2 is 1.62 bits per heavy atom. The molecule has 0 amide bonds. The van der Waals surface area contributed by atoms with Crippen LogP contribution in [0.4, 0.5) is 0 Å². The minimum Gasteiger partial charge on any atom is -0.396 e. The Morgan fingerprint density at radius 1 is 1.15 bits per heavy atom. The molecular formula is C8H18O4S. The lowest BCUT2D eigenvalue weighted by Gasteiger charge is -2.12. The fraction of sp³-hybridized carbons (Fsp3) is 1.00. The largest absolute Gasteiger partial charge is 0.396 e. The van der Waals surface area contributed by atoms with Crippen molar-refractivity contribution in [2.45, 2.75) is 25.5 Å². The fourth-order valence-electron chi connectivity index (χ4n) is 0.807. The molecule has 0 fully saturated rings. The number of aliphatic hydroxyl groups is 2. The number of hydrogen-bond acceptors (Lipinski definition) is 4. The molecule has 0 unspecified atom stereocenters. The molecule has 0 rings (SSSR count). The van der Waals surface area contributed by atoms with Crippen LogP contribution in [0.3, 0.4) is 0 Å². The Bertz CT molecular complexity index is 216. The van der Waals surface area contributed by atoms with Crippen LogP contribution >= 0.6 is 0 Å². The topological polar surface area (TPSA) is 74.6 Å². The van der Waals surface area contributed by atoms with Crippen LogP contribution in [0.2, 0.25) is 0 Å². The Balaban J connectivity index is 4.01. The van der Waals surface area contributed by atoms with Crippen molar-refractivity contribution in [1.82, 2.24) is 0 Å². The third kappa shape index (κ3) is 4.59. The van der Waals surface area contributed by atoms with E-state index in [0.29, 0.717) is 6.42 Å². The van der Waals surface area contributed by atoms with Crippen molar-refractivity contribution < 1.29 is 18.6 Å². The first-order chi connectivity index (χ1) is 5.94. The van der Waals surface area contributed by atoms with E-state index in [4.69, 9.17) is 10.2 Å². The molecule has 0 bridgehead atoms. The Labute approximate surface area is 79.5 Å². The Kier molecular flexibility index (Phi) is 5.51. The minimum absolute atomic E-state index is 0.0381. The highest BCUT2D eigenvalue weighted by Gasteiger charge is 2.18. The van der Waals surface area contributed by atoms with E-state index in [0.717, 1.165) is 0 Å². The van der Waals surface area contributed by atoms with Crippen LogP contribution in [0, 0.1) is 5.92 Å². The van der Waals surface area contributed by atoms with Gasteiger partial charge in [0, 0.05) is 19.1 Å². The summed E-state index contributed by atoms with van der Waals surface area (Å²) in [5, 5.41) is 17.0. The molecule has 0 spiro atoms. The van der Waals surface area contributed by atoms with E-state index in [-0.39, 0.29) is 30.1 Å². The summed E-state index contributed by atoms with van der Waals surface area (Å²) < 4.78 is 22.6. The van der Waals surface area contributed by atoms with Crippen molar-refractivity contribution in [3.63, 3.8) is 0 Å². The second-order valence-corrected chi connectivity index (χ2v) is 6.11. The first kappa shape index (κ1) is 12.9. The predicted octanol–water partition coefficient (Wildman–Crippen LogP) is -0.199. The van der Waals surface area contributed by atoms with Crippen LogP contribution in [0.1, 0.15) is 20.3 Å². The zero-order chi connectivity index (χ0) is 10.5. The maximum atomic E-state index is 11.3. The first-order valence-electron chi connectivity index (χ1n) is 4.37. The Morgan fingerprint density at radius 3 is 1.92 bits per heavy atom. The van der Waals surface area contributed by atoms with Crippen LogP contribution in [0.25, 0.3) is 0 Å². The first-order valence-corrected chi connectivity index (χ1v) is 6.09. The third-order valence-corrected chi connectivity index (χ3v) is 4.29. The third-order valence-electron chi connectivity index (χ3n) is 2.05. The fourth-order valence-corrected chi connectivity index (χ4v) is 1.94. The van der Waals surface area contributed by atoms with E-state index < -0.39 is 9.84 Å². The zero-order valence-corrected chi connectivity index (χ0v) is 8.92. The average Bonchev–Trinajstić information content (AvgIpc) is 2.06. The molecule has 5 heteroatoms. The van der Waals surface area contributed by atoms with Crippen LogP contribution in [0.15, 0.2) is 0 Å². The molecule has 0 radical (unpaired) electrons. The quantitative estimate of drug-likeness (QED) is 0.636. The number of sulfone groups is 1. The number of rotatable bonds is 6. The van der Waals surface area contributed by atoms with E-state index in [9.17, 15) is 8.42 Å². The molecule has 0 saturated heterocycles. The highest BCUT2D eigenvalue weighted by molar-refractivity contribution is 7.91. The molecule has 4 nitrogen and oxygen atoms in total. The summed E-state index contributed by atoms with van der Waals surface area (Å²) in [7, 11) is -3.04. The summed E-state index contributed by atoms with van der Waals surface area (Å²) in [5.74, 6) is -0.273. The van der Waals surface area contributed by atoms with Gasteiger partial charge in [-0.05, 0) is 20.3 Å². The van der Waals surface area contributed by atoms with Crippen LogP contribution in [0.5, 0.6) is 0 Å². The number of hydrogen-bond donors (Lipinski definition) is 2. The monoisotopic (exact) mass is 210 g/mol. The van der Waals surface area contributed by atoms with Crippen LogP contribution < -0.4 is 0 Å². The Hall–Kier alpha value is -0.130. The van der Waals surface area contributed by atoms with Crippen molar-refractivity contribution >= 4 is 9.84 Å². The van der Waals surface area contributed by atoms with Gasteiger partial charge >= 0.3 is 0 Å². The highest BCUT2D eigenvalue weighted by atomic mass is 32.2. The predicted molar refractivity (Wildman–Crippen MR) is 51.2 cm³/mol. The number of aliphatic hydroxyl groups excluding tert-OH is 2. The van der Waals surface area contributed by atoms with Gasteiger partial charge < -0.3 is 10.2 Å². The lowest BCUT2D eigenvalue weighted by molar-refractivity contribution is 0.148. The summed E-state index contributed by atoms with van der Waals surface area (Å²) in [6.45, 7) is 2.93. The molecule has 0 aromatic rings. The van der Waals surface area contributed by atoms with Crippen molar-refractivity contribution in [2.24, 2.45) is 5.92 Å². The molecule has 0 saturated carbocycles. The molecule has 0 aromatic carbocycles. The molecular weight excluding hydrogens is 192 g/mol. The standard InChI is InChI=1S/C8H18O4S/c1-7(2)13(11,12)4-3-8(5-9)6-10/h7-10H,3-6H2,1-2H3. The van der Waals surface area contributed by atoms with Crippen molar-refractivity contribution in [1.29, 1.82) is 0 Å². The van der Waals surface area contributed by atoms with Gasteiger partial charge in [0.25, 0.3) is 0 Å². The highest BCUT2D eigenvalue weighted by Crippen LogP contribution is 2.08. The summed E-state index contributed by atoms with van der Waals surface area (Å²) in [6, 6.07) is 0. The SMILES string of the molecule is CC(C)S(=O)(=O)CCC(CO)CO. The molecule has 0 aliphatic rings. The van der Waals surface area contributed by atoms with Gasteiger partial charge in [0.1, 0.15) is 0 Å². The summed E-state index contributed by atoms with van der Waals surface area (Å²) in [4.78, 5) is 0. The average molecular weight is 210 g/mol. The maximum absolute atomic E-state index is 11.3.